The van der Waals surface area contributed by atoms with Crippen LogP contribution < -0.4 is 9.62 Å². The lowest BCUT2D eigenvalue weighted by Gasteiger charge is -2.24. The minimum Gasteiger partial charge on any atom is -0.354 e. The first-order chi connectivity index (χ1) is 14.0. The highest BCUT2D eigenvalue weighted by molar-refractivity contribution is 7.92. The normalized spacial score (nSPS) is 14.2. The second kappa shape index (κ2) is 9.74. The van der Waals surface area contributed by atoms with Crippen molar-refractivity contribution in [2.75, 3.05) is 17.4 Å². The summed E-state index contributed by atoms with van der Waals surface area (Å²) in [5, 5.41) is 2.88. The molecule has 1 aliphatic rings. The number of hydrogen-bond acceptors (Lipinski definition) is 3. The number of carbonyl (C=O) groups is 1. The van der Waals surface area contributed by atoms with Crippen molar-refractivity contribution >= 4 is 21.6 Å². The number of rotatable bonds is 8. The minimum absolute atomic E-state index is 0.173. The number of aryl methyl sites for hydroxylation is 1. The lowest BCUT2D eigenvalue weighted by atomic mass is 9.97. The van der Waals surface area contributed by atoms with Crippen LogP contribution >= 0.6 is 0 Å². The van der Waals surface area contributed by atoms with Gasteiger partial charge in [-0.2, -0.15) is 0 Å². The van der Waals surface area contributed by atoms with Crippen molar-refractivity contribution in [2.24, 2.45) is 0 Å². The monoisotopic (exact) mass is 412 g/mol. The number of benzene rings is 2. The van der Waals surface area contributed by atoms with Crippen molar-refractivity contribution in [3.8, 4) is 0 Å². The summed E-state index contributed by atoms with van der Waals surface area (Å²) in [6.45, 7) is 2.18. The van der Waals surface area contributed by atoms with Crippen LogP contribution in [0.2, 0.25) is 0 Å². The number of carbonyl (C=O) groups excluding carboxylic acids is 1. The molecule has 0 radical (unpaired) electrons. The molecule has 5 nitrogen and oxygen atoms in total. The molecule has 0 bridgehead atoms. The Morgan fingerprint density at radius 1 is 1.03 bits per heavy atom. The van der Waals surface area contributed by atoms with E-state index < -0.39 is 10.0 Å². The van der Waals surface area contributed by atoms with Crippen molar-refractivity contribution in [1.29, 1.82) is 0 Å². The zero-order valence-corrected chi connectivity index (χ0v) is 17.6. The van der Waals surface area contributed by atoms with Crippen LogP contribution in [-0.2, 0) is 14.8 Å². The summed E-state index contributed by atoms with van der Waals surface area (Å²) in [6.07, 6.45) is 7.72. The number of hydrogen-bond donors (Lipinski definition) is 1. The third-order valence-electron chi connectivity index (χ3n) is 5.09. The van der Waals surface area contributed by atoms with Gasteiger partial charge in [0, 0.05) is 6.54 Å². The highest BCUT2D eigenvalue weighted by Gasteiger charge is 2.27. The molecule has 0 spiro atoms. The molecule has 2 aromatic rings. The smallest absolute Gasteiger partial charge is 0.264 e. The average molecular weight is 413 g/mol. The number of sulfonamides is 1. The minimum atomic E-state index is -3.85. The Hall–Kier alpha value is -2.60. The van der Waals surface area contributed by atoms with Gasteiger partial charge in [0.15, 0.2) is 0 Å². The highest BCUT2D eigenvalue weighted by atomic mass is 32.2. The van der Waals surface area contributed by atoms with Gasteiger partial charge in [-0.15, -0.1) is 0 Å². The topological polar surface area (TPSA) is 66.5 Å². The third kappa shape index (κ3) is 5.70. The summed E-state index contributed by atoms with van der Waals surface area (Å²) >= 11 is 0. The molecule has 0 saturated heterocycles. The van der Waals surface area contributed by atoms with E-state index >= 15 is 0 Å². The van der Waals surface area contributed by atoms with E-state index in [4.69, 9.17) is 0 Å². The fourth-order valence-electron chi connectivity index (χ4n) is 3.43. The van der Waals surface area contributed by atoms with Crippen LogP contribution in [-0.4, -0.2) is 27.4 Å². The van der Waals surface area contributed by atoms with Crippen molar-refractivity contribution in [1.82, 2.24) is 5.32 Å². The number of amides is 1. The number of nitrogens with one attached hydrogen (secondary N) is 1. The van der Waals surface area contributed by atoms with Crippen molar-refractivity contribution in [3.05, 3.63) is 71.8 Å². The zero-order chi connectivity index (χ0) is 20.7. The molecule has 2 aromatic carbocycles. The highest BCUT2D eigenvalue weighted by Crippen LogP contribution is 2.24. The molecule has 6 heteroatoms. The molecule has 0 fully saturated rings. The average Bonchev–Trinajstić information content (AvgIpc) is 2.73. The summed E-state index contributed by atoms with van der Waals surface area (Å²) in [5.41, 5.74) is 2.83. The Bertz CT molecular complexity index is 951. The number of anilines is 1. The maximum Gasteiger partial charge on any atom is 0.264 e. The van der Waals surface area contributed by atoms with Gasteiger partial charge in [-0.05, 0) is 63.3 Å². The van der Waals surface area contributed by atoms with Gasteiger partial charge in [-0.1, -0.05) is 47.5 Å². The Labute approximate surface area is 173 Å². The van der Waals surface area contributed by atoms with E-state index in [-0.39, 0.29) is 17.3 Å². The fraction of sp³-hybridized carbons (Fsp3) is 0.348. The molecule has 0 atom stereocenters. The van der Waals surface area contributed by atoms with Gasteiger partial charge in [0.1, 0.15) is 6.54 Å². The van der Waals surface area contributed by atoms with Crippen LogP contribution in [0.25, 0.3) is 0 Å². The summed E-state index contributed by atoms with van der Waals surface area (Å²) in [5.74, 6) is -0.305. The second-order valence-corrected chi connectivity index (χ2v) is 9.23. The molecule has 154 valence electrons. The van der Waals surface area contributed by atoms with Gasteiger partial charge in [0.05, 0.1) is 10.6 Å². The molecule has 0 aromatic heterocycles. The van der Waals surface area contributed by atoms with Crippen LogP contribution in [0.15, 0.2) is 71.1 Å². The lowest BCUT2D eigenvalue weighted by molar-refractivity contribution is -0.119. The quantitative estimate of drug-likeness (QED) is 0.661. The lowest BCUT2D eigenvalue weighted by Crippen LogP contribution is -2.41. The zero-order valence-electron chi connectivity index (χ0n) is 16.8. The molecule has 0 unspecified atom stereocenters. The summed E-state index contributed by atoms with van der Waals surface area (Å²) < 4.78 is 27.6. The number of nitrogens with zero attached hydrogens (tertiary/aromatic N) is 1. The first kappa shape index (κ1) is 21.1. The second-order valence-electron chi connectivity index (χ2n) is 7.37. The van der Waals surface area contributed by atoms with Crippen LogP contribution in [0.3, 0.4) is 0 Å². The van der Waals surface area contributed by atoms with Crippen molar-refractivity contribution in [2.45, 2.75) is 43.9 Å². The van der Waals surface area contributed by atoms with Gasteiger partial charge in [-0.25, -0.2) is 8.42 Å². The van der Waals surface area contributed by atoms with Crippen molar-refractivity contribution < 1.29 is 13.2 Å². The summed E-state index contributed by atoms with van der Waals surface area (Å²) in [4.78, 5) is 12.7. The van der Waals surface area contributed by atoms with Gasteiger partial charge in [-0.3, -0.25) is 9.10 Å². The number of allylic oxidation sites excluding steroid dienone is 1. The molecule has 0 heterocycles. The van der Waals surface area contributed by atoms with Crippen LogP contribution in [0, 0.1) is 6.92 Å². The van der Waals surface area contributed by atoms with Gasteiger partial charge >= 0.3 is 0 Å². The molecule has 0 aliphatic heterocycles. The molecule has 1 amide bonds. The van der Waals surface area contributed by atoms with E-state index in [0.717, 1.165) is 24.8 Å². The maximum atomic E-state index is 13.2. The Balaban J connectivity index is 1.73. The number of para-hydroxylation sites is 1. The van der Waals surface area contributed by atoms with Gasteiger partial charge in [0.25, 0.3) is 10.0 Å². The molecule has 1 N–H and O–H groups in total. The van der Waals surface area contributed by atoms with E-state index in [1.165, 1.54) is 22.7 Å². The van der Waals surface area contributed by atoms with E-state index in [2.05, 4.69) is 11.4 Å². The molecule has 1 aliphatic carbocycles. The SMILES string of the molecule is Cc1ccc(S(=O)(=O)N(CC(=O)NCCC2=CCCCC2)c2ccccc2)cc1. The fourth-order valence-corrected chi connectivity index (χ4v) is 4.85. The Morgan fingerprint density at radius 3 is 2.41 bits per heavy atom. The predicted molar refractivity (Wildman–Crippen MR) is 116 cm³/mol. The largest absolute Gasteiger partial charge is 0.354 e. The van der Waals surface area contributed by atoms with Crippen LogP contribution in [0.4, 0.5) is 5.69 Å². The molecule has 0 saturated carbocycles. The molecular formula is C23H28N2O3S. The van der Waals surface area contributed by atoms with Crippen LogP contribution in [0.1, 0.15) is 37.7 Å². The first-order valence-corrected chi connectivity index (χ1v) is 11.5. The van der Waals surface area contributed by atoms with E-state index in [1.807, 2.05) is 13.0 Å². The van der Waals surface area contributed by atoms with E-state index in [9.17, 15) is 13.2 Å². The molecular weight excluding hydrogens is 384 g/mol. The Kier molecular flexibility index (Phi) is 7.09. The van der Waals surface area contributed by atoms with E-state index in [1.54, 1.807) is 48.5 Å². The first-order valence-electron chi connectivity index (χ1n) is 10.1. The van der Waals surface area contributed by atoms with Gasteiger partial charge < -0.3 is 5.32 Å². The summed E-state index contributed by atoms with van der Waals surface area (Å²) in [6, 6.07) is 15.4. The van der Waals surface area contributed by atoms with E-state index in [0.29, 0.717) is 12.2 Å². The summed E-state index contributed by atoms with van der Waals surface area (Å²) in [7, 11) is -3.85. The third-order valence-corrected chi connectivity index (χ3v) is 6.88. The van der Waals surface area contributed by atoms with Crippen molar-refractivity contribution in [3.63, 3.8) is 0 Å². The Morgan fingerprint density at radius 2 is 1.76 bits per heavy atom. The van der Waals surface area contributed by atoms with Gasteiger partial charge in [0.2, 0.25) is 5.91 Å². The van der Waals surface area contributed by atoms with Crippen LogP contribution in [0.5, 0.6) is 0 Å². The maximum absolute atomic E-state index is 13.2. The molecule has 29 heavy (non-hydrogen) atoms. The predicted octanol–water partition coefficient (Wildman–Crippen LogP) is 4.20. The molecule has 3 rings (SSSR count). The standard InChI is InChI=1S/C23H28N2O3S/c1-19-12-14-22(15-13-19)29(27,28)25(21-10-6-3-7-11-21)18-23(26)24-17-16-20-8-4-2-5-9-20/h3,6-8,10-15H,2,4-5,9,16-18H2,1H3,(H,24,26).